The summed E-state index contributed by atoms with van der Waals surface area (Å²) in [6.07, 6.45) is -0.170. The summed E-state index contributed by atoms with van der Waals surface area (Å²) in [7, 11) is 0. The Labute approximate surface area is 256 Å². The van der Waals surface area contributed by atoms with Crippen LogP contribution in [0.2, 0.25) is 0 Å². The number of benzene rings is 7. The third-order valence-electron chi connectivity index (χ3n) is 9.54. The number of aromatic nitrogens is 1. The highest BCUT2D eigenvalue weighted by Crippen LogP contribution is 2.45. The van der Waals surface area contributed by atoms with Crippen LogP contribution >= 0.6 is 0 Å². The summed E-state index contributed by atoms with van der Waals surface area (Å²) in [4.78, 5) is 5.57. The molecule has 1 N–H and O–H groups in total. The van der Waals surface area contributed by atoms with E-state index in [1.54, 1.807) is 0 Å². The van der Waals surface area contributed by atoms with Gasteiger partial charge in [-0.05, 0) is 38.7 Å². The molecule has 1 aliphatic rings. The fraction of sp³-hybridized carbons (Fsp3) is 0.0976. The van der Waals surface area contributed by atoms with E-state index in [2.05, 4.69) is 162 Å². The van der Waals surface area contributed by atoms with Crippen LogP contribution in [0.15, 0.2) is 151 Å². The largest absolute Gasteiger partial charge is 0.297 e. The second-order valence-electron chi connectivity index (χ2n) is 12.0. The van der Waals surface area contributed by atoms with Gasteiger partial charge in [0, 0.05) is 33.5 Å². The maximum Gasteiger partial charge on any atom is 0.128 e. The van der Waals surface area contributed by atoms with Gasteiger partial charge < -0.3 is 0 Å². The van der Waals surface area contributed by atoms with Gasteiger partial charge in [0.1, 0.15) is 12.0 Å². The van der Waals surface area contributed by atoms with Crippen LogP contribution in [0.25, 0.3) is 54.1 Å². The molecule has 3 atom stereocenters. The van der Waals surface area contributed by atoms with Gasteiger partial charge in [0.15, 0.2) is 0 Å². The zero-order valence-electron chi connectivity index (χ0n) is 24.5. The monoisotopic (exact) mass is 565 g/mol. The summed E-state index contributed by atoms with van der Waals surface area (Å²) in [6, 6.07) is 52.7. The molecule has 1 aliphatic heterocycles. The predicted octanol–water partition coefficient (Wildman–Crippen LogP) is 10.2. The molecule has 7 aromatic carbocycles. The Morgan fingerprint density at radius 1 is 0.523 bits per heavy atom. The van der Waals surface area contributed by atoms with Gasteiger partial charge in [0.25, 0.3) is 0 Å². The van der Waals surface area contributed by atoms with Crippen LogP contribution in [-0.2, 0) is 0 Å². The molecule has 1 aromatic heterocycles. The van der Waals surface area contributed by atoms with E-state index in [4.69, 9.17) is 4.99 Å². The maximum atomic E-state index is 5.57. The fourth-order valence-electron chi connectivity index (χ4n) is 7.54. The first kappa shape index (κ1) is 25.3. The second kappa shape index (κ2) is 9.90. The lowest BCUT2D eigenvalue weighted by molar-refractivity contribution is 0.373. The summed E-state index contributed by atoms with van der Waals surface area (Å²) in [5.74, 6) is 1.20. The first-order valence-corrected chi connectivity index (χ1v) is 15.5. The fourth-order valence-corrected chi connectivity index (χ4v) is 7.54. The first-order chi connectivity index (χ1) is 21.8. The number of aliphatic imine (C=N–C) groups is 1. The van der Waals surface area contributed by atoms with Crippen molar-refractivity contribution in [2.45, 2.75) is 19.1 Å². The minimum Gasteiger partial charge on any atom is -0.297 e. The molecule has 3 heteroatoms. The van der Waals surface area contributed by atoms with Gasteiger partial charge in [-0.25, -0.2) is 4.99 Å². The molecule has 44 heavy (non-hydrogen) atoms. The molecular formula is C41H31N3. The number of hydrogen-bond donors (Lipinski definition) is 1. The Kier molecular flexibility index (Phi) is 5.69. The van der Waals surface area contributed by atoms with Gasteiger partial charge in [-0.2, -0.15) is 0 Å². The van der Waals surface area contributed by atoms with Gasteiger partial charge in [-0.1, -0.05) is 146 Å². The van der Waals surface area contributed by atoms with Crippen LogP contribution in [0, 0.1) is 5.92 Å². The number of nitrogens with zero attached hydrogens (tertiary/aromatic N) is 2. The van der Waals surface area contributed by atoms with E-state index in [0.717, 1.165) is 5.84 Å². The summed E-state index contributed by atoms with van der Waals surface area (Å²) in [5, 5.41) is 14.1. The normalized spacial score (nSPS) is 18.8. The second-order valence-corrected chi connectivity index (χ2v) is 12.0. The molecule has 8 aromatic rings. The maximum absolute atomic E-state index is 5.57. The van der Waals surface area contributed by atoms with Crippen molar-refractivity contribution in [2.24, 2.45) is 10.9 Å². The molecule has 9 rings (SSSR count). The highest BCUT2D eigenvalue weighted by Gasteiger charge is 2.34. The summed E-state index contributed by atoms with van der Waals surface area (Å²) >= 11 is 0. The summed E-state index contributed by atoms with van der Waals surface area (Å²) in [5.41, 5.74) is 4.87. The molecule has 0 radical (unpaired) electrons. The lowest BCUT2D eigenvalue weighted by atomic mass is 9.90. The number of fused-ring (bicyclic) bond motifs is 10. The van der Waals surface area contributed by atoms with Crippen LogP contribution in [0.3, 0.4) is 0 Å². The minimum absolute atomic E-state index is 0.0951. The number of nitrogens with one attached hydrogen (secondary N) is 1. The van der Waals surface area contributed by atoms with Crippen molar-refractivity contribution in [1.82, 2.24) is 9.88 Å². The first-order valence-electron chi connectivity index (χ1n) is 15.5. The van der Waals surface area contributed by atoms with Crippen LogP contribution in [0.4, 0.5) is 0 Å². The molecule has 0 saturated heterocycles. The Hall–Kier alpha value is -5.25. The molecule has 210 valence electrons. The minimum atomic E-state index is -0.170. The van der Waals surface area contributed by atoms with Crippen molar-refractivity contribution in [1.29, 1.82) is 0 Å². The van der Waals surface area contributed by atoms with E-state index >= 15 is 0 Å². The Bertz CT molecular complexity index is 2390. The standard InChI is InChI=1S/C41H31N3/c1-26-38(28-15-4-2-5-16-28)42-40(29-17-6-3-7-18-29)43-41(26)44-35-23-13-12-22-34(35)37-36-30-19-9-8-14-27(30)24-25-32(36)31-20-10-11-21-33(31)39(37)44/h2-26,38,40,42H,1H3. The molecule has 3 unspecified atom stereocenters. The van der Waals surface area contributed by atoms with Gasteiger partial charge in [0.05, 0.1) is 11.0 Å². The highest BCUT2D eigenvalue weighted by molar-refractivity contribution is 6.37. The molecule has 3 nitrogen and oxygen atoms in total. The Balaban J connectivity index is 1.45. The smallest absolute Gasteiger partial charge is 0.128 e. The average Bonchev–Trinajstić information content (AvgIpc) is 3.44. The van der Waals surface area contributed by atoms with Gasteiger partial charge in [-0.15, -0.1) is 0 Å². The van der Waals surface area contributed by atoms with Crippen molar-refractivity contribution < 1.29 is 0 Å². The van der Waals surface area contributed by atoms with Crippen LogP contribution in [0.1, 0.15) is 30.3 Å². The topological polar surface area (TPSA) is 29.3 Å². The lowest BCUT2D eigenvalue weighted by Crippen LogP contribution is -2.41. The lowest BCUT2D eigenvalue weighted by Gasteiger charge is -2.36. The molecule has 2 heterocycles. The van der Waals surface area contributed by atoms with E-state index in [1.165, 1.54) is 65.3 Å². The molecule has 0 aliphatic carbocycles. The van der Waals surface area contributed by atoms with E-state index in [1.807, 2.05) is 0 Å². The Morgan fingerprint density at radius 2 is 1.14 bits per heavy atom. The number of para-hydroxylation sites is 1. The summed E-state index contributed by atoms with van der Waals surface area (Å²) < 4.78 is 2.49. The SMILES string of the molecule is CC1C(n2c3ccccc3c3c4c5ccccc5ccc4c4ccccc4c32)=NC(c2ccccc2)NC1c1ccccc1. The molecule has 0 saturated carbocycles. The molecule has 0 spiro atoms. The summed E-state index contributed by atoms with van der Waals surface area (Å²) in [6.45, 7) is 2.32. The van der Waals surface area contributed by atoms with E-state index in [9.17, 15) is 0 Å². The number of hydrogen-bond acceptors (Lipinski definition) is 2. The number of rotatable bonds is 2. The van der Waals surface area contributed by atoms with E-state index in [0.29, 0.717) is 0 Å². The van der Waals surface area contributed by atoms with Crippen LogP contribution in [0.5, 0.6) is 0 Å². The van der Waals surface area contributed by atoms with Crippen molar-refractivity contribution >= 4 is 60.0 Å². The quantitative estimate of drug-likeness (QED) is 0.208. The van der Waals surface area contributed by atoms with Crippen LogP contribution in [-0.4, -0.2) is 10.4 Å². The third kappa shape index (κ3) is 3.69. The zero-order chi connectivity index (χ0) is 29.2. The van der Waals surface area contributed by atoms with Gasteiger partial charge in [-0.3, -0.25) is 9.88 Å². The Morgan fingerprint density at radius 3 is 1.91 bits per heavy atom. The van der Waals surface area contributed by atoms with Crippen molar-refractivity contribution in [2.75, 3.05) is 0 Å². The van der Waals surface area contributed by atoms with Crippen molar-refractivity contribution in [3.8, 4) is 0 Å². The van der Waals surface area contributed by atoms with Crippen molar-refractivity contribution in [3.05, 3.63) is 157 Å². The van der Waals surface area contributed by atoms with E-state index < -0.39 is 0 Å². The predicted molar refractivity (Wildman–Crippen MR) is 185 cm³/mol. The zero-order valence-corrected chi connectivity index (χ0v) is 24.5. The molecule has 0 bridgehead atoms. The molecule has 0 fully saturated rings. The molecular weight excluding hydrogens is 534 g/mol. The van der Waals surface area contributed by atoms with Gasteiger partial charge >= 0.3 is 0 Å². The van der Waals surface area contributed by atoms with Gasteiger partial charge in [0.2, 0.25) is 0 Å². The average molecular weight is 566 g/mol. The molecule has 0 amide bonds. The van der Waals surface area contributed by atoms with Crippen molar-refractivity contribution in [3.63, 3.8) is 0 Å². The third-order valence-corrected chi connectivity index (χ3v) is 9.54. The highest BCUT2D eigenvalue weighted by atomic mass is 15.2. The van der Waals surface area contributed by atoms with Crippen LogP contribution < -0.4 is 5.32 Å². The van der Waals surface area contributed by atoms with E-state index in [-0.39, 0.29) is 18.1 Å².